The molecule has 1 saturated heterocycles. The minimum atomic E-state index is -0.0395. The Kier molecular flexibility index (Phi) is 6.44. The van der Waals surface area contributed by atoms with Crippen LogP contribution in [0.3, 0.4) is 0 Å². The zero-order chi connectivity index (χ0) is 19.1. The van der Waals surface area contributed by atoms with Crippen LogP contribution in [0, 0.1) is 0 Å². The van der Waals surface area contributed by atoms with Crippen molar-refractivity contribution in [3.8, 4) is 5.75 Å². The second-order valence-electron chi connectivity index (χ2n) is 6.50. The van der Waals surface area contributed by atoms with Gasteiger partial charge in [-0.1, -0.05) is 30.3 Å². The first-order valence-corrected chi connectivity index (χ1v) is 9.17. The normalized spacial score (nSPS) is 14.6. The Hall–Kier alpha value is -2.86. The molecule has 27 heavy (non-hydrogen) atoms. The van der Waals surface area contributed by atoms with Crippen LogP contribution in [0.2, 0.25) is 0 Å². The van der Waals surface area contributed by atoms with Gasteiger partial charge < -0.3 is 15.0 Å². The number of piperazine rings is 1. The van der Waals surface area contributed by atoms with E-state index >= 15 is 0 Å². The summed E-state index contributed by atoms with van der Waals surface area (Å²) in [6, 6.07) is 16.7. The van der Waals surface area contributed by atoms with E-state index in [0.717, 1.165) is 18.7 Å². The van der Waals surface area contributed by atoms with Gasteiger partial charge in [0.25, 0.3) is 5.91 Å². The first-order chi connectivity index (χ1) is 13.2. The van der Waals surface area contributed by atoms with Gasteiger partial charge in [0.1, 0.15) is 5.75 Å². The highest BCUT2D eigenvalue weighted by Gasteiger charge is 2.22. The Morgan fingerprint density at radius 3 is 2.33 bits per heavy atom. The van der Waals surface area contributed by atoms with E-state index in [0.29, 0.717) is 37.5 Å². The van der Waals surface area contributed by atoms with Crippen LogP contribution in [0.4, 0.5) is 5.69 Å². The van der Waals surface area contributed by atoms with E-state index in [1.807, 2.05) is 59.5 Å². The molecule has 0 saturated carbocycles. The smallest absolute Gasteiger partial charge is 0.253 e. The highest BCUT2D eigenvalue weighted by molar-refractivity contribution is 5.94. The van der Waals surface area contributed by atoms with E-state index in [-0.39, 0.29) is 11.8 Å². The van der Waals surface area contributed by atoms with Gasteiger partial charge in [-0.05, 0) is 24.3 Å². The molecule has 6 nitrogen and oxygen atoms in total. The molecule has 1 aliphatic rings. The fourth-order valence-electron chi connectivity index (χ4n) is 3.16. The molecule has 1 N–H and O–H groups in total. The number of anilines is 1. The molecule has 0 bridgehead atoms. The quantitative estimate of drug-likeness (QED) is 0.852. The summed E-state index contributed by atoms with van der Waals surface area (Å²) in [6.45, 7) is 3.60. The number of rotatable bonds is 6. The lowest BCUT2D eigenvalue weighted by Gasteiger charge is -2.34. The first kappa shape index (κ1) is 18.9. The summed E-state index contributed by atoms with van der Waals surface area (Å²) < 4.78 is 5.25. The number of benzene rings is 2. The Labute approximate surface area is 159 Å². The van der Waals surface area contributed by atoms with Crippen molar-refractivity contribution in [2.24, 2.45) is 0 Å². The van der Waals surface area contributed by atoms with E-state index in [4.69, 9.17) is 4.74 Å². The largest absolute Gasteiger partial charge is 0.495 e. The molecule has 142 valence electrons. The van der Waals surface area contributed by atoms with Crippen LogP contribution in [-0.4, -0.2) is 61.4 Å². The summed E-state index contributed by atoms with van der Waals surface area (Å²) in [5.74, 6) is 0.686. The van der Waals surface area contributed by atoms with Crippen LogP contribution in [-0.2, 0) is 4.79 Å². The Bertz CT molecular complexity index is 771. The standard InChI is InChI=1S/C21H25N3O3/c1-27-19-10-6-5-9-18(19)22-20(25)11-12-23-13-15-24(16-14-23)21(26)17-7-3-2-4-8-17/h2-10H,11-16H2,1H3,(H,22,25). The number of nitrogens with one attached hydrogen (secondary N) is 1. The number of amides is 2. The maximum Gasteiger partial charge on any atom is 0.253 e. The molecule has 0 aliphatic carbocycles. The molecule has 2 aromatic carbocycles. The second kappa shape index (κ2) is 9.19. The summed E-state index contributed by atoms with van der Waals surface area (Å²) in [6.07, 6.45) is 0.407. The highest BCUT2D eigenvalue weighted by atomic mass is 16.5. The monoisotopic (exact) mass is 367 g/mol. The van der Waals surface area contributed by atoms with Gasteiger partial charge in [-0.15, -0.1) is 0 Å². The summed E-state index contributed by atoms with van der Waals surface area (Å²) in [4.78, 5) is 28.8. The zero-order valence-electron chi connectivity index (χ0n) is 15.6. The van der Waals surface area contributed by atoms with Crippen molar-refractivity contribution >= 4 is 17.5 Å². The fourth-order valence-corrected chi connectivity index (χ4v) is 3.16. The zero-order valence-corrected chi connectivity index (χ0v) is 15.6. The fraction of sp³-hybridized carbons (Fsp3) is 0.333. The minimum Gasteiger partial charge on any atom is -0.495 e. The average molecular weight is 367 g/mol. The lowest BCUT2D eigenvalue weighted by Crippen LogP contribution is -2.49. The summed E-state index contributed by atoms with van der Waals surface area (Å²) in [7, 11) is 1.58. The van der Waals surface area contributed by atoms with Crippen LogP contribution in [0.15, 0.2) is 54.6 Å². The lowest BCUT2D eigenvalue weighted by molar-refractivity contribution is -0.116. The molecule has 0 spiro atoms. The van der Waals surface area contributed by atoms with Crippen LogP contribution < -0.4 is 10.1 Å². The van der Waals surface area contributed by atoms with Gasteiger partial charge >= 0.3 is 0 Å². The summed E-state index contributed by atoms with van der Waals surface area (Å²) in [5.41, 5.74) is 1.41. The number of nitrogens with zero attached hydrogens (tertiary/aromatic N) is 2. The van der Waals surface area contributed by atoms with E-state index in [2.05, 4.69) is 10.2 Å². The highest BCUT2D eigenvalue weighted by Crippen LogP contribution is 2.23. The van der Waals surface area contributed by atoms with Gasteiger partial charge in [-0.25, -0.2) is 0 Å². The predicted octanol–water partition coefficient (Wildman–Crippen LogP) is 2.48. The molecule has 1 fully saturated rings. The number of ether oxygens (including phenoxy) is 1. The van der Waals surface area contributed by atoms with Crippen molar-refractivity contribution in [3.63, 3.8) is 0 Å². The van der Waals surface area contributed by atoms with Gasteiger partial charge in [0.2, 0.25) is 5.91 Å². The molecule has 0 unspecified atom stereocenters. The Morgan fingerprint density at radius 2 is 1.63 bits per heavy atom. The molecule has 3 rings (SSSR count). The third-order valence-electron chi connectivity index (χ3n) is 4.72. The van der Waals surface area contributed by atoms with Crippen LogP contribution in [0.1, 0.15) is 16.8 Å². The third-order valence-corrected chi connectivity index (χ3v) is 4.72. The van der Waals surface area contributed by atoms with Crippen LogP contribution in [0.5, 0.6) is 5.75 Å². The van der Waals surface area contributed by atoms with Crippen molar-refractivity contribution in [1.29, 1.82) is 0 Å². The maximum absolute atomic E-state index is 12.5. The molecule has 0 radical (unpaired) electrons. The molecule has 1 aliphatic heterocycles. The van der Waals surface area contributed by atoms with Crippen molar-refractivity contribution in [2.75, 3.05) is 45.2 Å². The van der Waals surface area contributed by atoms with Crippen molar-refractivity contribution in [3.05, 3.63) is 60.2 Å². The molecule has 2 amide bonds. The number of carbonyl (C=O) groups is 2. The van der Waals surface area contributed by atoms with E-state index in [1.54, 1.807) is 7.11 Å². The number of carbonyl (C=O) groups excluding carboxylic acids is 2. The van der Waals surface area contributed by atoms with Gasteiger partial charge in [-0.2, -0.15) is 0 Å². The molecule has 0 atom stereocenters. The van der Waals surface area contributed by atoms with Gasteiger partial charge in [0, 0.05) is 44.7 Å². The summed E-state index contributed by atoms with van der Waals surface area (Å²) >= 11 is 0. The van der Waals surface area contributed by atoms with E-state index < -0.39 is 0 Å². The molecule has 2 aromatic rings. The number of hydrogen-bond acceptors (Lipinski definition) is 4. The van der Waals surface area contributed by atoms with Crippen molar-refractivity contribution in [2.45, 2.75) is 6.42 Å². The third kappa shape index (κ3) is 5.08. The van der Waals surface area contributed by atoms with E-state index in [1.165, 1.54) is 0 Å². The van der Waals surface area contributed by atoms with E-state index in [9.17, 15) is 9.59 Å². The topological polar surface area (TPSA) is 61.9 Å². The summed E-state index contributed by atoms with van der Waals surface area (Å²) in [5, 5.41) is 2.89. The number of hydrogen-bond donors (Lipinski definition) is 1. The Balaban J connectivity index is 1.43. The molecule has 6 heteroatoms. The SMILES string of the molecule is COc1ccccc1NC(=O)CCN1CCN(C(=O)c2ccccc2)CC1. The molecule has 1 heterocycles. The Morgan fingerprint density at radius 1 is 0.963 bits per heavy atom. The molecular weight excluding hydrogens is 342 g/mol. The van der Waals surface area contributed by atoms with Gasteiger partial charge in [-0.3, -0.25) is 14.5 Å². The van der Waals surface area contributed by atoms with Crippen LogP contribution >= 0.6 is 0 Å². The van der Waals surface area contributed by atoms with Crippen molar-refractivity contribution < 1.29 is 14.3 Å². The lowest BCUT2D eigenvalue weighted by atomic mass is 10.2. The predicted molar refractivity (Wildman–Crippen MR) is 105 cm³/mol. The van der Waals surface area contributed by atoms with Crippen molar-refractivity contribution in [1.82, 2.24) is 9.80 Å². The average Bonchev–Trinajstić information content (AvgIpc) is 2.73. The number of para-hydroxylation sites is 2. The maximum atomic E-state index is 12.5. The van der Waals surface area contributed by atoms with Gasteiger partial charge in [0.15, 0.2) is 0 Å². The van der Waals surface area contributed by atoms with Gasteiger partial charge in [0.05, 0.1) is 12.8 Å². The molecule has 0 aromatic heterocycles. The second-order valence-corrected chi connectivity index (χ2v) is 6.50. The minimum absolute atomic E-state index is 0.0395. The molecular formula is C21H25N3O3. The number of methoxy groups -OCH3 is 1. The van der Waals surface area contributed by atoms with Crippen LogP contribution in [0.25, 0.3) is 0 Å². The first-order valence-electron chi connectivity index (χ1n) is 9.17.